The molecule has 0 saturated heterocycles. The van der Waals surface area contributed by atoms with Crippen molar-refractivity contribution in [1.82, 2.24) is 0 Å². The summed E-state index contributed by atoms with van der Waals surface area (Å²) in [4.78, 5) is 12.3. The van der Waals surface area contributed by atoms with Gasteiger partial charge in [-0.1, -0.05) is 48.9 Å². The average Bonchev–Trinajstić information content (AvgIpc) is 2.48. The van der Waals surface area contributed by atoms with Gasteiger partial charge in [-0.3, -0.25) is 4.79 Å². The van der Waals surface area contributed by atoms with E-state index in [-0.39, 0.29) is 5.91 Å². The van der Waals surface area contributed by atoms with E-state index in [1.54, 1.807) is 12.1 Å². The van der Waals surface area contributed by atoms with Gasteiger partial charge in [-0.05, 0) is 37.1 Å². The normalized spacial score (nSPS) is 11.8. The molecule has 2 aromatic carbocycles. The topological polar surface area (TPSA) is 38.3 Å². The first-order chi connectivity index (χ1) is 10.1. The van der Waals surface area contributed by atoms with Crippen molar-refractivity contribution in [3.05, 3.63) is 59.1 Å². The van der Waals surface area contributed by atoms with Crippen LogP contribution >= 0.6 is 11.6 Å². The van der Waals surface area contributed by atoms with E-state index in [9.17, 15) is 4.79 Å². The molecule has 110 valence electrons. The molecular weight excluding hydrogens is 286 g/mol. The van der Waals surface area contributed by atoms with Gasteiger partial charge >= 0.3 is 0 Å². The Labute approximate surface area is 129 Å². The molecule has 3 nitrogen and oxygen atoms in total. The molecule has 0 spiro atoms. The van der Waals surface area contributed by atoms with Crippen LogP contribution in [0.3, 0.4) is 0 Å². The van der Waals surface area contributed by atoms with Crippen LogP contribution in [0.1, 0.15) is 18.9 Å². The largest absolute Gasteiger partial charge is 0.479 e. The van der Waals surface area contributed by atoms with E-state index in [1.807, 2.05) is 50.2 Å². The Kier molecular flexibility index (Phi) is 5.23. The van der Waals surface area contributed by atoms with Crippen LogP contribution in [0.2, 0.25) is 5.02 Å². The smallest absolute Gasteiger partial charge is 0.265 e. The van der Waals surface area contributed by atoms with E-state index in [0.29, 0.717) is 17.2 Å². The Bertz CT molecular complexity index is 628. The monoisotopic (exact) mass is 303 g/mol. The maximum absolute atomic E-state index is 12.3. The highest BCUT2D eigenvalue weighted by Crippen LogP contribution is 2.25. The zero-order chi connectivity index (χ0) is 15.2. The van der Waals surface area contributed by atoms with Crippen LogP contribution in [0.15, 0.2) is 48.5 Å². The van der Waals surface area contributed by atoms with Gasteiger partial charge in [-0.25, -0.2) is 0 Å². The van der Waals surface area contributed by atoms with Crippen molar-refractivity contribution < 1.29 is 9.53 Å². The van der Waals surface area contributed by atoms with Crippen LogP contribution in [0.5, 0.6) is 5.75 Å². The summed E-state index contributed by atoms with van der Waals surface area (Å²) in [6.45, 7) is 3.85. The lowest BCUT2D eigenvalue weighted by Gasteiger charge is -2.18. The van der Waals surface area contributed by atoms with E-state index in [4.69, 9.17) is 16.3 Å². The molecule has 0 bridgehead atoms. The van der Waals surface area contributed by atoms with E-state index in [1.165, 1.54) is 0 Å². The quantitative estimate of drug-likeness (QED) is 0.886. The highest BCUT2D eigenvalue weighted by Gasteiger charge is 2.19. The highest BCUT2D eigenvalue weighted by atomic mass is 35.5. The number of rotatable bonds is 5. The van der Waals surface area contributed by atoms with Crippen molar-refractivity contribution in [1.29, 1.82) is 0 Å². The highest BCUT2D eigenvalue weighted by molar-refractivity contribution is 6.32. The van der Waals surface area contributed by atoms with Crippen molar-refractivity contribution >= 4 is 23.2 Å². The fraction of sp³-hybridized carbons (Fsp3) is 0.235. The van der Waals surface area contributed by atoms with E-state index in [0.717, 1.165) is 11.3 Å². The number of para-hydroxylation sites is 2. The molecular formula is C17H18ClNO2. The summed E-state index contributed by atoms with van der Waals surface area (Å²) in [5.41, 5.74) is 1.81. The minimum atomic E-state index is -0.579. The number of halogens is 1. The Morgan fingerprint density at radius 1 is 1.19 bits per heavy atom. The lowest BCUT2D eigenvalue weighted by molar-refractivity contribution is -0.122. The van der Waals surface area contributed by atoms with E-state index >= 15 is 0 Å². The molecule has 0 heterocycles. The van der Waals surface area contributed by atoms with Crippen LogP contribution in [0.25, 0.3) is 0 Å². The second-order valence-corrected chi connectivity index (χ2v) is 5.16. The van der Waals surface area contributed by atoms with Gasteiger partial charge in [-0.2, -0.15) is 0 Å². The molecule has 0 aliphatic carbocycles. The first kappa shape index (κ1) is 15.4. The lowest BCUT2D eigenvalue weighted by Crippen LogP contribution is -2.32. The maximum atomic E-state index is 12.3. The Morgan fingerprint density at radius 3 is 2.52 bits per heavy atom. The molecule has 1 atom stereocenters. The standard InChI is InChI=1S/C17H18ClNO2/c1-3-15(21-16-11-7-5-9-13(16)18)17(20)19-14-10-6-4-8-12(14)2/h4-11,15H,3H2,1-2H3,(H,19,20)/t15-/m1/s1. The summed E-state index contributed by atoms with van der Waals surface area (Å²) in [5, 5.41) is 3.39. The zero-order valence-electron chi connectivity index (χ0n) is 12.1. The number of carbonyl (C=O) groups is 1. The number of nitrogens with one attached hydrogen (secondary N) is 1. The summed E-state index contributed by atoms with van der Waals surface area (Å²) in [6, 6.07) is 14.8. The number of ether oxygens (including phenoxy) is 1. The van der Waals surface area contributed by atoms with Gasteiger partial charge in [0, 0.05) is 5.69 Å². The molecule has 0 aliphatic heterocycles. The first-order valence-corrected chi connectivity index (χ1v) is 7.27. The molecule has 0 unspecified atom stereocenters. The molecule has 1 N–H and O–H groups in total. The van der Waals surface area contributed by atoms with E-state index in [2.05, 4.69) is 5.32 Å². The summed E-state index contributed by atoms with van der Waals surface area (Å²) in [5.74, 6) is 0.345. The molecule has 0 saturated carbocycles. The van der Waals surface area contributed by atoms with Crippen LogP contribution in [0.4, 0.5) is 5.69 Å². The Hall–Kier alpha value is -2.00. The lowest BCUT2D eigenvalue weighted by atomic mass is 10.2. The Balaban J connectivity index is 2.09. The number of benzene rings is 2. The molecule has 4 heteroatoms. The van der Waals surface area contributed by atoms with Gasteiger partial charge in [-0.15, -0.1) is 0 Å². The number of carbonyl (C=O) groups excluding carboxylic acids is 1. The van der Waals surface area contributed by atoms with Gasteiger partial charge < -0.3 is 10.1 Å². The molecule has 2 aromatic rings. The SMILES string of the molecule is CC[C@@H](Oc1ccccc1Cl)C(=O)Nc1ccccc1C. The van der Waals surface area contributed by atoms with Crippen molar-refractivity contribution in [2.45, 2.75) is 26.4 Å². The number of aryl methyl sites for hydroxylation is 1. The predicted octanol–water partition coefficient (Wildman–Crippen LogP) is 4.44. The second-order valence-electron chi connectivity index (χ2n) is 4.75. The zero-order valence-corrected chi connectivity index (χ0v) is 12.9. The first-order valence-electron chi connectivity index (χ1n) is 6.89. The number of hydrogen-bond donors (Lipinski definition) is 1. The average molecular weight is 304 g/mol. The van der Waals surface area contributed by atoms with Crippen molar-refractivity contribution in [2.75, 3.05) is 5.32 Å². The van der Waals surface area contributed by atoms with Gasteiger partial charge in [0.05, 0.1) is 5.02 Å². The summed E-state index contributed by atoms with van der Waals surface area (Å²) in [7, 11) is 0. The molecule has 0 fully saturated rings. The molecule has 0 aromatic heterocycles. The van der Waals surface area contributed by atoms with Crippen LogP contribution in [0, 0.1) is 6.92 Å². The van der Waals surface area contributed by atoms with Crippen molar-refractivity contribution in [3.8, 4) is 5.75 Å². The van der Waals surface area contributed by atoms with Crippen LogP contribution in [-0.4, -0.2) is 12.0 Å². The summed E-state index contributed by atoms with van der Waals surface area (Å²) >= 11 is 6.06. The third kappa shape index (κ3) is 3.99. The van der Waals surface area contributed by atoms with Crippen LogP contribution in [-0.2, 0) is 4.79 Å². The molecule has 0 aliphatic rings. The fourth-order valence-electron chi connectivity index (χ4n) is 1.94. The van der Waals surface area contributed by atoms with Gasteiger partial charge in [0.2, 0.25) is 0 Å². The minimum Gasteiger partial charge on any atom is -0.479 e. The Morgan fingerprint density at radius 2 is 1.86 bits per heavy atom. The maximum Gasteiger partial charge on any atom is 0.265 e. The molecule has 21 heavy (non-hydrogen) atoms. The van der Waals surface area contributed by atoms with Gasteiger partial charge in [0.15, 0.2) is 6.10 Å². The fourth-order valence-corrected chi connectivity index (χ4v) is 2.12. The third-order valence-electron chi connectivity index (χ3n) is 3.17. The van der Waals surface area contributed by atoms with Gasteiger partial charge in [0.25, 0.3) is 5.91 Å². The molecule has 0 radical (unpaired) electrons. The molecule has 1 amide bonds. The summed E-state index contributed by atoms with van der Waals surface area (Å²) < 4.78 is 5.72. The second kappa shape index (κ2) is 7.14. The number of anilines is 1. The predicted molar refractivity (Wildman–Crippen MR) is 86.0 cm³/mol. The molecule has 2 rings (SSSR count). The van der Waals surface area contributed by atoms with E-state index < -0.39 is 6.10 Å². The minimum absolute atomic E-state index is 0.174. The van der Waals surface area contributed by atoms with Crippen molar-refractivity contribution in [3.63, 3.8) is 0 Å². The van der Waals surface area contributed by atoms with Crippen LogP contribution < -0.4 is 10.1 Å². The van der Waals surface area contributed by atoms with Crippen molar-refractivity contribution in [2.24, 2.45) is 0 Å². The number of hydrogen-bond acceptors (Lipinski definition) is 2. The summed E-state index contributed by atoms with van der Waals surface area (Å²) in [6.07, 6.45) is -0.0207. The number of amides is 1. The third-order valence-corrected chi connectivity index (χ3v) is 3.48. The van der Waals surface area contributed by atoms with Gasteiger partial charge in [0.1, 0.15) is 5.75 Å².